The Morgan fingerprint density at radius 2 is 2.00 bits per heavy atom. The third-order valence-corrected chi connectivity index (χ3v) is 4.40. The third kappa shape index (κ3) is 2.33. The van der Waals surface area contributed by atoms with Gasteiger partial charge in [0.1, 0.15) is 11.3 Å². The van der Waals surface area contributed by atoms with E-state index in [0.717, 1.165) is 35.6 Å². The van der Waals surface area contributed by atoms with E-state index in [1.54, 1.807) is 0 Å². The second kappa shape index (κ2) is 4.96. The SMILES string of the molecule is CON(c1nncs1)S(=O)(=O)c1ccc(F)cc1. The van der Waals surface area contributed by atoms with Gasteiger partial charge in [0, 0.05) is 0 Å². The number of hydrogen-bond donors (Lipinski definition) is 0. The highest BCUT2D eigenvalue weighted by atomic mass is 32.2. The van der Waals surface area contributed by atoms with Crippen LogP contribution in [0.5, 0.6) is 0 Å². The summed E-state index contributed by atoms with van der Waals surface area (Å²) < 4.78 is 37.8. The Morgan fingerprint density at radius 3 is 2.50 bits per heavy atom. The summed E-state index contributed by atoms with van der Waals surface area (Å²) in [6.45, 7) is 0. The molecule has 1 heterocycles. The quantitative estimate of drug-likeness (QED) is 0.796. The number of aromatic nitrogens is 2. The van der Waals surface area contributed by atoms with Gasteiger partial charge < -0.3 is 0 Å². The normalized spacial score (nSPS) is 11.4. The second-order valence-corrected chi connectivity index (χ2v) is 5.65. The molecule has 0 aliphatic rings. The molecule has 18 heavy (non-hydrogen) atoms. The Labute approximate surface area is 107 Å². The fourth-order valence-electron chi connectivity index (χ4n) is 1.23. The van der Waals surface area contributed by atoms with E-state index in [-0.39, 0.29) is 10.0 Å². The molecule has 6 nitrogen and oxygen atoms in total. The standard InChI is InChI=1S/C9H8FN3O3S2/c1-16-13(9-12-11-6-17-9)18(14,15)8-4-2-7(10)3-5-8/h2-6H,1H3. The van der Waals surface area contributed by atoms with Crippen molar-refractivity contribution in [2.24, 2.45) is 0 Å². The molecule has 0 fully saturated rings. The van der Waals surface area contributed by atoms with Crippen LogP contribution >= 0.6 is 11.3 Å². The van der Waals surface area contributed by atoms with E-state index in [0.29, 0.717) is 4.47 Å². The van der Waals surface area contributed by atoms with Crippen molar-refractivity contribution in [1.82, 2.24) is 10.2 Å². The monoisotopic (exact) mass is 289 g/mol. The summed E-state index contributed by atoms with van der Waals surface area (Å²) in [5, 5.41) is 7.22. The molecule has 0 radical (unpaired) electrons. The minimum Gasteiger partial charge on any atom is -0.260 e. The van der Waals surface area contributed by atoms with E-state index in [9.17, 15) is 12.8 Å². The van der Waals surface area contributed by atoms with Crippen LogP contribution in [0.3, 0.4) is 0 Å². The molecule has 0 spiro atoms. The van der Waals surface area contributed by atoms with Crippen molar-refractivity contribution in [2.75, 3.05) is 11.6 Å². The van der Waals surface area contributed by atoms with E-state index < -0.39 is 15.8 Å². The molecule has 0 aliphatic heterocycles. The van der Waals surface area contributed by atoms with Gasteiger partial charge in [-0.1, -0.05) is 11.3 Å². The largest absolute Gasteiger partial charge is 0.289 e. The summed E-state index contributed by atoms with van der Waals surface area (Å²) in [4.78, 5) is 4.71. The van der Waals surface area contributed by atoms with Crippen LogP contribution in [0.25, 0.3) is 0 Å². The molecule has 0 saturated carbocycles. The number of hydrogen-bond acceptors (Lipinski definition) is 6. The van der Waals surface area contributed by atoms with Crippen molar-refractivity contribution in [3.05, 3.63) is 35.6 Å². The predicted molar refractivity (Wildman–Crippen MR) is 63.0 cm³/mol. The predicted octanol–water partition coefficient (Wildman–Crippen LogP) is 1.43. The zero-order valence-electron chi connectivity index (χ0n) is 9.15. The first-order valence-corrected chi connectivity index (χ1v) is 6.99. The fraction of sp³-hybridized carbons (Fsp3) is 0.111. The average molecular weight is 289 g/mol. The molecule has 2 rings (SSSR count). The van der Waals surface area contributed by atoms with Crippen molar-refractivity contribution in [1.29, 1.82) is 0 Å². The maximum Gasteiger partial charge on any atom is 0.289 e. The van der Waals surface area contributed by atoms with Gasteiger partial charge in [-0.15, -0.1) is 14.7 Å². The molecule has 9 heteroatoms. The van der Waals surface area contributed by atoms with E-state index in [2.05, 4.69) is 10.2 Å². The zero-order chi connectivity index (χ0) is 13.2. The number of sulfonamides is 1. The Kier molecular flexibility index (Phi) is 3.55. The van der Waals surface area contributed by atoms with Crippen molar-refractivity contribution in [3.63, 3.8) is 0 Å². The molecule has 1 aromatic heterocycles. The zero-order valence-corrected chi connectivity index (χ0v) is 10.8. The van der Waals surface area contributed by atoms with E-state index >= 15 is 0 Å². The smallest absolute Gasteiger partial charge is 0.260 e. The topological polar surface area (TPSA) is 72.4 Å². The first-order chi connectivity index (χ1) is 8.55. The van der Waals surface area contributed by atoms with Gasteiger partial charge in [-0.2, -0.15) is 8.42 Å². The Balaban J connectivity index is 2.44. The van der Waals surface area contributed by atoms with Crippen LogP contribution < -0.4 is 4.47 Å². The van der Waals surface area contributed by atoms with E-state index in [1.165, 1.54) is 12.6 Å². The molecule has 0 amide bonds. The van der Waals surface area contributed by atoms with Crippen LogP contribution in [-0.2, 0) is 14.9 Å². The number of nitrogens with zero attached hydrogens (tertiary/aromatic N) is 3. The van der Waals surface area contributed by atoms with Crippen LogP contribution in [0.1, 0.15) is 0 Å². The van der Waals surface area contributed by atoms with Gasteiger partial charge in [0.15, 0.2) is 0 Å². The lowest BCUT2D eigenvalue weighted by Crippen LogP contribution is -2.29. The fourth-order valence-corrected chi connectivity index (χ4v) is 3.20. The molecular formula is C9H8FN3O3S2. The minimum atomic E-state index is -3.94. The number of halogens is 1. The summed E-state index contributed by atoms with van der Waals surface area (Å²) in [5.74, 6) is -0.520. The summed E-state index contributed by atoms with van der Waals surface area (Å²) in [6.07, 6.45) is 0. The van der Waals surface area contributed by atoms with Gasteiger partial charge in [0.05, 0.1) is 12.0 Å². The summed E-state index contributed by atoms with van der Waals surface area (Å²) >= 11 is 1.01. The van der Waals surface area contributed by atoms with Crippen LogP contribution in [-0.4, -0.2) is 25.7 Å². The lowest BCUT2D eigenvalue weighted by molar-refractivity contribution is 0.215. The number of rotatable bonds is 4. The van der Waals surface area contributed by atoms with E-state index in [4.69, 9.17) is 4.84 Å². The summed E-state index contributed by atoms with van der Waals surface area (Å²) in [5.41, 5.74) is 1.38. The first-order valence-electron chi connectivity index (χ1n) is 4.67. The molecular weight excluding hydrogens is 281 g/mol. The van der Waals surface area contributed by atoms with Crippen LogP contribution in [0, 0.1) is 5.82 Å². The molecule has 0 atom stereocenters. The van der Waals surface area contributed by atoms with Gasteiger partial charge in [0.2, 0.25) is 5.13 Å². The lowest BCUT2D eigenvalue weighted by atomic mass is 10.4. The van der Waals surface area contributed by atoms with Crippen molar-refractivity contribution >= 4 is 26.5 Å². The molecule has 1 aromatic carbocycles. The van der Waals surface area contributed by atoms with Crippen LogP contribution in [0.2, 0.25) is 0 Å². The Bertz CT molecular complexity index is 613. The second-order valence-electron chi connectivity index (χ2n) is 3.09. The van der Waals surface area contributed by atoms with Gasteiger partial charge >= 0.3 is 0 Å². The maximum absolute atomic E-state index is 12.8. The van der Waals surface area contributed by atoms with Crippen LogP contribution in [0.15, 0.2) is 34.7 Å². The molecule has 0 bridgehead atoms. The molecule has 0 saturated heterocycles. The first kappa shape index (κ1) is 12.9. The number of anilines is 1. The third-order valence-electron chi connectivity index (χ3n) is 2.00. The van der Waals surface area contributed by atoms with Gasteiger partial charge in [-0.05, 0) is 24.3 Å². The van der Waals surface area contributed by atoms with Crippen LogP contribution in [0.4, 0.5) is 9.52 Å². The Hall–Kier alpha value is -1.58. The highest BCUT2D eigenvalue weighted by Crippen LogP contribution is 2.24. The summed E-state index contributed by atoms with van der Waals surface area (Å²) in [7, 11) is -2.74. The molecule has 2 aromatic rings. The molecule has 96 valence electrons. The summed E-state index contributed by atoms with van der Waals surface area (Å²) in [6, 6.07) is 4.41. The lowest BCUT2D eigenvalue weighted by Gasteiger charge is -2.17. The highest BCUT2D eigenvalue weighted by molar-refractivity contribution is 7.92. The average Bonchev–Trinajstić information content (AvgIpc) is 2.84. The highest BCUT2D eigenvalue weighted by Gasteiger charge is 2.27. The van der Waals surface area contributed by atoms with Crippen molar-refractivity contribution < 1.29 is 17.6 Å². The van der Waals surface area contributed by atoms with Gasteiger partial charge in [0.25, 0.3) is 10.0 Å². The molecule has 0 unspecified atom stereocenters. The van der Waals surface area contributed by atoms with Gasteiger partial charge in [-0.3, -0.25) is 4.84 Å². The molecule has 0 N–H and O–H groups in total. The number of benzene rings is 1. The molecule has 0 aliphatic carbocycles. The van der Waals surface area contributed by atoms with E-state index in [1.807, 2.05) is 0 Å². The van der Waals surface area contributed by atoms with Crippen molar-refractivity contribution in [3.8, 4) is 0 Å². The van der Waals surface area contributed by atoms with Crippen molar-refractivity contribution in [2.45, 2.75) is 4.90 Å². The minimum absolute atomic E-state index is 0.0711. The maximum atomic E-state index is 12.8. The Morgan fingerprint density at radius 1 is 1.33 bits per heavy atom. The van der Waals surface area contributed by atoms with Gasteiger partial charge in [-0.25, -0.2) is 4.39 Å².